The Hall–Kier alpha value is -2.05. The van der Waals surface area contributed by atoms with Crippen molar-refractivity contribution >= 4 is 0 Å². The third-order valence-corrected chi connectivity index (χ3v) is 5.62. The number of fused-ring (bicyclic) bond motifs is 1. The van der Waals surface area contributed by atoms with Crippen molar-refractivity contribution in [3.05, 3.63) is 51.7 Å². The van der Waals surface area contributed by atoms with Gasteiger partial charge in [-0.25, -0.2) is 4.98 Å². The van der Waals surface area contributed by atoms with Crippen molar-refractivity contribution < 1.29 is 4.39 Å². The number of aryl methyl sites for hydroxylation is 1. The average Bonchev–Trinajstić information content (AvgIpc) is 2.66. The molecule has 2 aliphatic heterocycles. The lowest BCUT2D eigenvalue weighted by atomic mass is 9.98. The molecule has 6 heteroatoms. The molecule has 2 saturated heterocycles. The molecule has 1 aromatic carbocycles. The monoisotopic (exact) mass is 356 g/mol. The van der Waals surface area contributed by atoms with E-state index in [0.717, 1.165) is 37.3 Å². The standard InChI is InChI=1S/C20H25FN4O/c1-14-18(21)20(26)23-19(22-14)17-8-3-2-6-15(17)12-24-10-11-25-9-5-4-7-16(25)13-24/h2-3,6,8,16H,4-5,7,9-13H2,1H3,(H,22,23,26). The largest absolute Gasteiger partial charge is 0.304 e. The lowest BCUT2D eigenvalue weighted by molar-refractivity contribution is 0.0457. The van der Waals surface area contributed by atoms with Gasteiger partial charge in [-0.05, 0) is 31.9 Å². The fraction of sp³-hybridized carbons (Fsp3) is 0.500. The fourth-order valence-corrected chi connectivity index (χ4v) is 4.19. The van der Waals surface area contributed by atoms with Crippen LogP contribution in [0.25, 0.3) is 11.4 Å². The Bertz CT molecular complexity index is 850. The number of hydrogen-bond acceptors (Lipinski definition) is 4. The molecular weight excluding hydrogens is 331 g/mol. The predicted octanol–water partition coefficient (Wildman–Crippen LogP) is 2.55. The minimum atomic E-state index is -0.806. The lowest BCUT2D eigenvalue weighted by Crippen LogP contribution is -2.54. The Morgan fingerprint density at radius 1 is 1.23 bits per heavy atom. The molecule has 1 atom stereocenters. The molecule has 2 fully saturated rings. The van der Waals surface area contributed by atoms with Crippen molar-refractivity contribution in [1.82, 2.24) is 19.8 Å². The Morgan fingerprint density at radius 3 is 2.92 bits per heavy atom. The third-order valence-electron chi connectivity index (χ3n) is 5.62. The van der Waals surface area contributed by atoms with Gasteiger partial charge in [-0.1, -0.05) is 30.7 Å². The highest BCUT2D eigenvalue weighted by atomic mass is 19.1. The molecule has 1 N–H and O–H groups in total. The summed E-state index contributed by atoms with van der Waals surface area (Å²) in [5.74, 6) is -0.361. The normalized spacial score (nSPS) is 21.5. The van der Waals surface area contributed by atoms with Crippen LogP contribution in [-0.2, 0) is 6.54 Å². The van der Waals surface area contributed by atoms with E-state index in [1.807, 2.05) is 18.2 Å². The summed E-state index contributed by atoms with van der Waals surface area (Å²) in [6, 6.07) is 8.61. The molecule has 0 bridgehead atoms. The zero-order chi connectivity index (χ0) is 18.1. The summed E-state index contributed by atoms with van der Waals surface area (Å²) in [6.07, 6.45) is 3.93. The summed E-state index contributed by atoms with van der Waals surface area (Å²) < 4.78 is 13.6. The van der Waals surface area contributed by atoms with Gasteiger partial charge in [0.15, 0.2) is 0 Å². The number of rotatable bonds is 3. The van der Waals surface area contributed by atoms with Crippen LogP contribution in [0.2, 0.25) is 0 Å². The molecule has 2 aromatic rings. The summed E-state index contributed by atoms with van der Waals surface area (Å²) in [5, 5.41) is 0. The number of aromatic nitrogens is 2. The molecule has 0 aliphatic carbocycles. The first-order valence-corrected chi connectivity index (χ1v) is 9.43. The Kier molecular flexibility index (Phi) is 4.87. The number of halogens is 1. The number of aromatic amines is 1. The number of H-pyrrole nitrogens is 1. The van der Waals surface area contributed by atoms with Gasteiger partial charge in [-0.2, -0.15) is 4.39 Å². The summed E-state index contributed by atoms with van der Waals surface area (Å²) in [4.78, 5) is 23.8. The van der Waals surface area contributed by atoms with Crippen LogP contribution in [0.4, 0.5) is 4.39 Å². The van der Waals surface area contributed by atoms with Gasteiger partial charge < -0.3 is 4.98 Å². The van der Waals surface area contributed by atoms with Gasteiger partial charge in [0.25, 0.3) is 5.56 Å². The van der Waals surface area contributed by atoms with Crippen molar-refractivity contribution in [2.45, 2.75) is 38.8 Å². The fourth-order valence-electron chi connectivity index (χ4n) is 4.19. The van der Waals surface area contributed by atoms with Crippen molar-refractivity contribution in [2.75, 3.05) is 26.2 Å². The summed E-state index contributed by atoms with van der Waals surface area (Å²) in [7, 11) is 0. The number of nitrogens with zero attached hydrogens (tertiary/aromatic N) is 3. The molecule has 0 amide bonds. The van der Waals surface area contributed by atoms with Crippen LogP contribution in [-0.4, -0.2) is 52.0 Å². The van der Waals surface area contributed by atoms with Crippen LogP contribution >= 0.6 is 0 Å². The second kappa shape index (κ2) is 7.29. The molecule has 2 aliphatic rings. The van der Waals surface area contributed by atoms with Gasteiger partial charge in [0.1, 0.15) is 5.82 Å². The first-order chi connectivity index (χ1) is 12.6. The Morgan fingerprint density at radius 2 is 2.08 bits per heavy atom. The van der Waals surface area contributed by atoms with E-state index < -0.39 is 11.4 Å². The molecule has 0 spiro atoms. The van der Waals surface area contributed by atoms with E-state index >= 15 is 0 Å². The number of piperidine rings is 1. The summed E-state index contributed by atoms with van der Waals surface area (Å²) in [5.41, 5.74) is 1.41. The Labute approximate surface area is 152 Å². The van der Waals surface area contributed by atoms with Crippen LogP contribution in [0.15, 0.2) is 29.1 Å². The van der Waals surface area contributed by atoms with Crippen molar-refractivity contribution in [2.24, 2.45) is 0 Å². The maximum atomic E-state index is 13.6. The maximum absolute atomic E-state index is 13.6. The zero-order valence-electron chi connectivity index (χ0n) is 15.2. The summed E-state index contributed by atoms with van der Waals surface area (Å²) >= 11 is 0. The van der Waals surface area contributed by atoms with E-state index in [4.69, 9.17) is 0 Å². The molecule has 3 heterocycles. The van der Waals surface area contributed by atoms with E-state index in [2.05, 4.69) is 25.8 Å². The number of hydrogen-bond donors (Lipinski definition) is 1. The molecule has 0 saturated carbocycles. The SMILES string of the molecule is Cc1nc(-c2ccccc2CN2CCN3CCCCC3C2)[nH]c(=O)c1F. The van der Waals surface area contributed by atoms with E-state index in [1.54, 1.807) is 0 Å². The highest BCUT2D eigenvalue weighted by Crippen LogP contribution is 2.25. The quantitative estimate of drug-likeness (QED) is 0.918. The van der Waals surface area contributed by atoms with Crippen LogP contribution in [0.1, 0.15) is 30.5 Å². The predicted molar refractivity (Wildman–Crippen MR) is 99.5 cm³/mol. The second-order valence-electron chi connectivity index (χ2n) is 7.39. The minimum absolute atomic E-state index is 0.134. The van der Waals surface area contributed by atoms with Gasteiger partial charge in [0, 0.05) is 37.8 Å². The molecule has 0 radical (unpaired) electrons. The highest BCUT2D eigenvalue weighted by Gasteiger charge is 2.29. The lowest BCUT2D eigenvalue weighted by Gasteiger charge is -2.44. The summed E-state index contributed by atoms with van der Waals surface area (Å²) in [6.45, 7) is 6.84. The topological polar surface area (TPSA) is 52.2 Å². The van der Waals surface area contributed by atoms with Gasteiger partial charge in [-0.3, -0.25) is 14.6 Å². The van der Waals surface area contributed by atoms with E-state index in [-0.39, 0.29) is 5.69 Å². The van der Waals surface area contributed by atoms with Crippen molar-refractivity contribution in [1.29, 1.82) is 0 Å². The van der Waals surface area contributed by atoms with E-state index in [9.17, 15) is 9.18 Å². The molecule has 138 valence electrons. The van der Waals surface area contributed by atoms with Gasteiger partial charge in [0.2, 0.25) is 5.82 Å². The highest BCUT2D eigenvalue weighted by molar-refractivity contribution is 5.60. The zero-order valence-corrected chi connectivity index (χ0v) is 15.2. The van der Waals surface area contributed by atoms with E-state index in [0.29, 0.717) is 11.9 Å². The van der Waals surface area contributed by atoms with Crippen LogP contribution in [0.3, 0.4) is 0 Å². The molecule has 5 nitrogen and oxygen atoms in total. The third kappa shape index (κ3) is 3.44. The molecule has 1 aromatic heterocycles. The van der Waals surface area contributed by atoms with Crippen LogP contribution in [0, 0.1) is 12.7 Å². The number of nitrogens with one attached hydrogen (secondary N) is 1. The van der Waals surface area contributed by atoms with Crippen LogP contribution in [0.5, 0.6) is 0 Å². The molecule has 4 rings (SSSR count). The molecular formula is C20H25FN4O. The first kappa shape index (κ1) is 17.4. The van der Waals surface area contributed by atoms with Gasteiger partial charge in [0.05, 0.1) is 5.69 Å². The molecule has 1 unspecified atom stereocenters. The molecule has 26 heavy (non-hydrogen) atoms. The average molecular weight is 356 g/mol. The first-order valence-electron chi connectivity index (χ1n) is 9.43. The minimum Gasteiger partial charge on any atom is -0.304 e. The van der Waals surface area contributed by atoms with Crippen LogP contribution < -0.4 is 5.56 Å². The Balaban J connectivity index is 1.58. The van der Waals surface area contributed by atoms with E-state index in [1.165, 1.54) is 32.7 Å². The van der Waals surface area contributed by atoms with Crippen molar-refractivity contribution in [3.63, 3.8) is 0 Å². The van der Waals surface area contributed by atoms with Gasteiger partial charge >= 0.3 is 0 Å². The smallest absolute Gasteiger partial charge is 0.287 e. The number of piperazine rings is 1. The van der Waals surface area contributed by atoms with Crippen molar-refractivity contribution in [3.8, 4) is 11.4 Å². The maximum Gasteiger partial charge on any atom is 0.287 e. The van der Waals surface area contributed by atoms with Gasteiger partial charge in [-0.15, -0.1) is 0 Å². The number of benzene rings is 1. The second-order valence-corrected chi connectivity index (χ2v) is 7.39.